The third-order valence-corrected chi connectivity index (χ3v) is 10.2. The summed E-state index contributed by atoms with van der Waals surface area (Å²) in [6, 6.07) is 16.3. The lowest BCUT2D eigenvalue weighted by atomic mass is 9.75. The van der Waals surface area contributed by atoms with E-state index in [2.05, 4.69) is 58.8 Å². The minimum atomic E-state index is -0.697. The van der Waals surface area contributed by atoms with E-state index in [-0.39, 0.29) is 29.7 Å². The highest BCUT2D eigenvalue weighted by Gasteiger charge is 2.39. The molecular weight excluding hydrogens is 592 g/mol. The Morgan fingerprint density at radius 2 is 1.36 bits per heavy atom. The average molecular weight is 637 g/mol. The molecule has 3 aliphatic heterocycles. The van der Waals surface area contributed by atoms with Crippen LogP contribution in [-0.2, 0) is 14.3 Å². The molecule has 1 saturated heterocycles. The highest BCUT2D eigenvalue weighted by molar-refractivity contribution is 6.04. The van der Waals surface area contributed by atoms with E-state index >= 15 is 0 Å². The summed E-state index contributed by atoms with van der Waals surface area (Å²) in [5.74, 6) is -1.14. The van der Waals surface area contributed by atoms with E-state index < -0.39 is 18.1 Å². The third-order valence-electron chi connectivity index (χ3n) is 10.2. The predicted molar refractivity (Wildman–Crippen MR) is 184 cm³/mol. The van der Waals surface area contributed by atoms with Crippen molar-refractivity contribution in [1.82, 2.24) is 10.2 Å². The summed E-state index contributed by atoms with van der Waals surface area (Å²) < 4.78 is 4.75. The van der Waals surface area contributed by atoms with Crippen molar-refractivity contribution in [3.8, 4) is 11.1 Å². The number of hydrogen-bond acceptors (Lipinski definition) is 6. The van der Waals surface area contributed by atoms with Crippen LogP contribution in [0.5, 0.6) is 0 Å². The van der Waals surface area contributed by atoms with E-state index in [0.29, 0.717) is 13.0 Å². The topological polar surface area (TPSA) is 121 Å². The van der Waals surface area contributed by atoms with Crippen molar-refractivity contribution < 1.29 is 24.2 Å². The highest BCUT2D eigenvalue weighted by atomic mass is 16.5. The molecule has 0 aromatic heterocycles. The molecule has 6 rings (SSSR count). The van der Waals surface area contributed by atoms with E-state index in [0.717, 1.165) is 89.8 Å². The van der Waals surface area contributed by atoms with Gasteiger partial charge >= 0.3 is 12.1 Å². The van der Waals surface area contributed by atoms with Gasteiger partial charge in [0, 0.05) is 49.1 Å². The van der Waals surface area contributed by atoms with Gasteiger partial charge in [0.25, 0.3) is 0 Å². The molecule has 0 radical (unpaired) electrons. The Morgan fingerprint density at radius 3 is 1.94 bits per heavy atom. The lowest BCUT2D eigenvalue weighted by Gasteiger charge is -2.31. The Morgan fingerprint density at radius 1 is 0.809 bits per heavy atom. The third kappa shape index (κ3) is 6.94. The molecule has 0 spiro atoms. The molecule has 47 heavy (non-hydrogen) atoms. The number of amides is 2. The minimum absolute atomic E-state index is 0.0383. The van der Waals surface area contributed by atoms with Crippen LogP contribution in [0.2, 0.25) is 0 Å². The number of alkyl carbamates (subject to hydrolysis) is 1. The maximum absolute atomic E-state index is 13.5. The molecule has 2 aromatic rings. The Kier molecular flexibility index (Phi) is 9.71. The highest BCUT2D eigenvalue weighted by Crippen LogP contribution is 2.37. The number of carbonyl (C=O) groups excluding carboxylic acids is 2. The summed E-state index contributed by atoms with van der Waals surface area (Å²) in [6.45, 7) is 4.49. The zero-order valence-corrected chi connectivity index (χ0v) is 27.4. The van der Waals surface area contributed by atoms with Crippen LogP contribution in [0.25, 0.3) is 22.3 Å². The van der Waals surface area contributed by atoms with Gasteiger partial charge in [0.15, 0.2) is 0 Å². The van der Waals surface area contributed by atoms with Crippen LogP contribution in [-0.4, -0.2) is 65.1 Å². The number of likely N-dealkylation sites (tertiary alicyclic amines) is 1. The van der Waals surface area contributed by atoms with Crippen LogP contribution >= 0.6 is 0 Å². The maximum Gasteiger partial charge on any atom is 0.407 e. The molecule has 246 valence electrons. The summed E-state index contributed by atoms with van der Waals surface area (Å²) in [6.07, 6.45) is 10.1. The van der Waals surface area contributed by atoms with E-state index in [4.69, 9.17) is 9.73 Å². The van der Waals surface area contributed by atoms with Crippen LogP contribution < -0.4 is 5.32 Å². The van der Waals surface area contributed by atoms with Gasteiger partial charge in [-0.25, -0.2) is 4.79 Å². The summed E-state index contributed by atoms with van der Waals surface area (Å²) in [4.78, 5) is 48.5. The first kappa shape index (κ1) is 32.4. The molecule has 1 saturated carbocycles. The summed E-state index contributed by atoms with van der Waals surface area (Å²) in [5.41, 5.74) is 8.74. The SMILES string of the molecule is COC(=O)N[C@H](C(=O)N1CCC[C@H]1C1=NC=C(c2ccc(-c3ccc(C4=CN=C(C5CCCC[C@H]5C(=O)O)C4)cc3)cc2)C1)C(C)C. The fourth-order valence-corrected chi connectivity index (χ4v) is 7.51. The first-order chi connectivity index (χ1) is 22.7. The number of ether oxygens (including phenoxy) is 1. The predicted octanol–water partition coefficient (Wildman–Crippen LogP) is 6.99. The summed E-state index contributed by atoms with van der Waals surface area (Å²) in [5, 5.41) is 12.4. The largest absolute Gasteiger partial charge is 0.481 e. The number of allylic oxidation sites excluding steroid dienone is 2. The molecule has 9 nitrogen and oxygen atoms in total. The van der Waals surface area contributed by atoms with E-state index in [1.807, 2.05) is 31.1 Å². The van der Waals surface area contributed by atoms with Gasteiger partial charge in [0.1, 0.15) is 6.04 Å². The number of carbonyl (C=O) groups is 3. The number of nitrogens with zero attached hydrogens (tertiary/aromatic N) is 3. The summed E-state index contributed by atoms with van der Waals surface area (Å²) >= 11 is 0. The molecule has 3 heterocycles. The van der Waals surface area contributed by atoms with Crippen molar-refractivity contribution in [1.29, 1.82) is 0 Å². The molecule has 2 fully saturated rings. The Bertz CT molecular complexity index is 1640. The number of carboxylic acid groups (broad SMARTS) is 1. The van der Waals surface area contributed by atoms with Crippen LogP contribution in [0.15, 0.2) is 70.9 Å². The molecule has 1 unspecified atom stereocenters. The lowest BCUT2D eigenvalue weighted by Crippen LogP contribution is -2.53. The van der Waals surface area contributed by atoms with Crippen LogP contribution in [0.4, 0.5) is 4.79 Å². The number of benzene rings is 2. The molecule has 4 aliphatic rings. The fourth-order valence-electron chi connectivity index (χ4n) is 7.51. The number of aliphatic imine (C=N–C) groups is 2. The number of nitrogens with one attached hydrogen (secondary N) is 1. The van der Waals surface area contributed by atoms with Crippen LogP contribution in [0.3, 0.4) is 0 Å². The first-order valence-electron chi connectivity index (χ1n) is 16.8. The monoisotopic (exact) mass is 636 g/mol. The smallest absolute Gasteiger partial charge is 0.407 e. The van der Waals surface area contributed by atoms with Gasteiger partial charge in [0.2, 0.25) is 5.91 Å². The Balaban J connectivity index is 1.05. The molecule has 2 aromatic carbocycles. The van der Waals surface area contributed by atoms with E-state index in [9.17, 15) is 19.5 Å². The van der Waals surface area contributed by atoms with Crippen molar-refractivity contribution in [2.45, 2.75) is 77.3 Å². The van der Waals surface area contributed by atoms with E-state index in [1.165, 1.54) is 7.11 Å². The molecular formula is C38H44N4O5. The number of carboxylic acids is 1. The van der Waals surface area contributed by atoms with Gasteiger partial charge in [-0.3, -0.25) is 19.6 Å². The minimum Gasteiger partial charge on any atom is -0.481 e. The van der Waals surface area contributed by atoms with Crippen molar-refractivity contribution in [3.63, 3.8) is 0 Å². The fraction of sp³-hybridized carbons (Fsp3) is 0.447. The van der Waals surface area contributed by atoms with Crippen molar-refractivity contribution >= 4 is 40.5 Å². The quantitative estimate of drug-likeness (QED) is 0.308. The van der Waals surface area contributed by atoms with Gasteiger partial charge in [-0.05, 0) is 65.0 Å². The van der Waals surface area contributed by atoms with Crippen LogP contribution in [0.1, 0.15) is 76.3 Å². The zero-order valence-electron chi connectivity index (χ0n) is 27.4. The van der Waals surface area contributed by atoms with Gasteiger partial charge in [-0.1, -0.05) is 75.2 Å². The maximum atomic E-state index is 13.5. The molecule has 2 amide bonds. The standard InChI is InChI=1S/C38H44N4O5/c1-23(2)35(41-38(46)47-3)36(43)42-18-6-9-34(42)33-20-29(22-40-33)27-16-12-25(13-17-27)24-10-14-26(15-11-24)28-19-32(39-21-28)30-7-4-5-8-31(30)37(44)45/h10-17,21-23,30-31,34-35H,4-9,18-20H2,1-3H3,(H,41,46)(H,44,45)/t30?,31-,34+,35+/m1/s1. The van der Waals surface area contributed by atoms with Gasteiger partial charge < -0.3 is 20.1 Å². The molecule has 9 heteroatoms. The normalized spacial score (nSPS) is 23.1. The van der Waals surface area contributed by atoms with Gasteiger partial charge in [-0.2, -0.15) is 0 Å². The first-order valence-corrected chi connectivity index (χ1v) is 16.8. The Hall–Kier alpha value is -4.53. The number of hydrogen-bond donors (Lipinski definition) is 2. The molecule has 0 bridgehead atoms. The molecule has 4 atom stereocenters. The average Bonchev–Trinajstić information content (AvgIpc) is 3.88. The number of methoxy groups -OCH3 is 1. The second-order valence-electron chi connectivity index (χ2n) is 13.4. The van der Waals surface area contributed by atoms with Crippen LogP contribution in [0, 0.1) is 17.8 Å². The van der Waals surface area contributed by atoms with E-state index in [1.54, 1.807) is 0 Å². The second-order valence-corrected chi connectivity index (χ2v) is 13.4. The molecule has 2 N–H and O–H groups in total. The summed E-state index contributed by atoms with van der Waals surface area (Å²) in [7, 11) is 1.30. The van der Waals surface area contributed by atoms with Crippen molar-refractivity contribution in [3.05, 3.63) is 72.1 Å². The van der Waals surface area contributed by atoms with Gasteiger partial charge in [0.05, 0.1) is 19.1 Å². The molecule has 1 aliphatic carbocycles. The van der Waals surface area contributed by atoms with Crippen molar-refractivity contribution in [2.75, 3.05) is 13.7 Å². The Labute approximate surface area is 276 Å². The number of rotatable bonds is 9. The number of aliphatic carboxylic acids is 1. The van der Waals surface area contributed by atoms with Crippen molar-refractivity contribution in [2.24, 2.45) is 27.7 Å². The lowest BCUT2D eigenvalue weighted by molar-refractivity contribution is -0.143. The second kappa shape index (κ2) is 14.1. The van der Waals surface area contributed by atoms with Gasteiger partial charge in [-0.15, -0.1) is 0 Å². The zero-order chi connectivity index (χ0) is 33.1.